The Morgan fingerprint density at radius 3 is 2.64 bits per heavy atom. The average Bonchev–Trinajstić information content (AvgIpc) is 3.35. The normalized spacial score (nSPS) is 12.1. The molecule has 0 spiro atoms. The zero-order valence-corrected chi connectivity index (χ0v) is 20.5. The fourth-order valence-corrected chi connectivity index (χ4v) is 5.56. The molecule has 0 bridgehead atoms. The van der Waals surface area contributed by atoms with Crippen molar-refractivity contribution >= 4 is 48.5 Å². The van der Waals surface area contributed by atoms with Gasteiger partial charge in [0.1, 0.15) is 5.82 Å². The zero-order valence-electron chi connectivity index (χ0n) is 18.9. The van der Waals surface area contributed by atoms with E-state index < -0.39 is 10.0 Å². The van der Waals surface area contributed by atoms with Gasteiger partial charge in [-0.25, -0.2) is 22.7 Å². The van der Waals surface area contributed by atoms with Crippen molar-refractivity contribution in [3.63, 3.8) is 0 Å². The molecule has 0 saturated heterocycles. The van der Waals surface area contributed by atoms with Crippen LogP contribution in [0.2, 0.25) is 0 Å². The Hall–Kier alpha value is -2.82. The number of benzene rings is 2. The number of nitrogens with one attached hydrogen (secondary N) is 1. The Morgan fingerprint density at radius 1 is 1.09 bits per heavy atom. The number of hydrogen-bond donors (Lipinski definition) is 1. The van der Waals surface area contributed by atoms with Crippen LogP contribution in [0.5, 0.6) is 0 Å². The smallest absolute Gasteiger partial charge is 0.242 e. The average molecular weight is 486 g/mol. The lowest BCUT2D eigenvalue weighted by Crippen LogP contribution is -2.25. The lowest BCUT2D eigenvalue weighted by molar-refractivity contribution is -0.121. The van der Waals surface area contributed by atoms with Crippen LogP contribution in [-0.2, 0) is 34.7 Å². The van der Waals surface area contributed by atoms with E-state index in [-0.39, 0.29) is 10.8 Å². The molecule has 0 aliphatic carbocycles. The van der Waals surface area contributed by atoms with E-state index in [0.29, 0.717) is 24.9 Å². The molecule has 1 amide bonds. The zero-order chi connectivity index (χ0) is 23.6. The van der Waals surface area contributed by atoms with E-state index >= 15 is 0 Å². The maximum Gasteiger partial charge on any atom is 0.242 e. The summed E-state index contributed by atoms with van der Waals surface area (Å²) in [6, 6.07) is 13.0. The van der Waals surface area contributed by atoms with Crippen molar-refractivity contribution in [1.29, 1.82) is 0 Å². The Bertz CT molecular complexity index is 1370. The van der Waals surface area contributed by atoms with E-state index in [2.05, 4.69) is 21.4 Å². The molecular weight excluding hydrogens is 458 g/mol. The molecule has 4 aromatic rings. The maximum atomic E-state index is 12.4. The molecule has 0 unspecified atom stereocenters. The van der Waals surface area contributed by atoms with Crippen molar-refractivity contribution in [2.75, 3.05) is 20.6 Å². The van der Waals surface area contributed by atoms with Gasteiger partial charge in [-0.15, -0.1) is 11.3 Å². The first-order chi connectivity index (χ1) is 15.8. The second-order valence-corrected chi connectivity index (χ2v) is 11.3. The van der Waals surface area contributed by atoms with Crippen LogP contribution in [0.1, 0.15) is 23.7 Å². The maximum absolute atomic E-state index is 12.4. The molecule has 4 rings (SSSR count). The van der Waals surface area contributed by atoms with Gasteiger partial charge in [0.15, 0.2) is 0 Å². The first-order valence-electron chi connectivity index (χ1n) is 10.7. The van der Waals surface area contributed by atoms with Crippen molar-refractivity contribution < 1.29 is 13.2 Å². The van der Waals surface area contributed by atoms with Crippen molar-refractivity contribution in [3.8, 4) is 0 Å². The Kier molecular flexibility index (Phi) is 6.78. The summed E-state index contributed by atoms with van der Waals surface area (Å²) in [4.78, 5) is 21.7. The van der Waals surface area contributed by atoms with Crippen molar-refractivity contribution in [3.05, 3.63) is 53.3 Å². The molecule has 0 aliphatic rings. The first kappa shape index (κ1) is 23.3. The molecule has 1 N–H and O–H groups in total. The summed E-state index contributed by atoms with van der Waals surface area (Å²) in [7, 11) is 1.36. The summed E-state index contributed by atoms with van der Waals surface area (Å²) < 4.78 is 29.0. The van der Waals surface area contributed by atoms with Crippen LogP contribution in [0.3, 0.4) is 0 Å². The molecule has 2 heterocycles. The molecule has 8 nitrogen and oxygen atoms in total. The highest BCUT2D eigenvalue weighted by molar-refractivity contribution is 7.89. The Labute approximate surface area is 197 Å². The largest absolute Gasteiger partial charge is 0.356 e. The summed E-state index contributed by atoms with van der Waals surface area (Å²) >= 11 is 1.70. The fraction of sp³-hybridized carbons (Fsp3) is 0.348. The third-order valence-corrected chi connectivity index (χ3v) is 8.43. The number of fused-ring (bicyclic) bond motifs is 2. The molecule has 2 aromatic carbocycles. The second-order valence-electron chi connectivity index (χ2n) is 8.05. The first-order valence-corrected chi connectivity index (χ1v) is 13.0. The molecular formula is C23H27N5O3S2. The van der Waals surface area contributed by atoms with Gasteiger partial charge in [-0.1, -0.05) is 12.1 Å². The van der Waals surface area contributed by atoms with Gasteiger partial charge >= 0.3 is 0 Å². The molecule has 0 fully saturated rings. The van der Waals surface area contributed by atoms with Crippen LogP contribution in [0, 0.1) is 0 Å². The quantitative estimate of drug-likeness (QED) is 0.368. The molecule has 0 radical (unpaired) electrons. The van der Waals surface area contributed by atoms with Gasteiger partial charge in [0.2, 0.25) is 15.9 Å². The van der Waals surface area contributed by atoms with Gasteiger partial charge in [0.05, 0.1) is 31.2 Å². The van der Waals surface area contributed by atoms with Gasteiger partial charge in [-0.3, -0.25) is 4.79 Å². The van der Waals surface area contributed by atoms with Gasteiger partial charge in [0, 0.05) is 47.0 Å². The fourth-order valence-electron chi connectivity index (χ4n) is 3.63. The Balaban J connectivity index is 1.30. The lowest BCUT2D eigenvalue weighted by Gasteiger charge is -2.10. The number of imidazole rings is 1. The summed E-state index contributed by atoms with van der Waals surface area (Å²) in [5.74, 6) is 0.719. The topological polar surface area (TPSA) is 97.2 Å². The van der Waals surface area contributed by atoms with Crippen molar-refractivity contribution in [1.82, 2.24) is 24.2 Å². The summed E-state index contributed by atoms with van der Waals surface area (Å²) in [6.07, 6.45) is 2.47. The number of aryl methyl sites for hydroxylation is 3. The minimum absolute atomic E-state index is 0.0257. The third kappa shape index (κ3) is 5.07. The number of amides is 1. The highest BCUT2D eigenvalue weighted by Crippen LogP contribution is 2.23. The van der Waals surface area contributed by atoms with Crippen LogP contribution >= 0.6 is 11.3 Å². The number of aromatic nitrogens is 3. The van der Waals surface area contributed by atoms with Crippen LogP contribution < -0.4 is 5.32 Å². The standard InChI is InChI=1S/C23H27N5O3S2/c1-27(2)33(30,31)16-10-11-19-18(15-16)25-21(28(19)3)12-13-22(29)24-14-6-9-23-26-17-7-4-5-8-20(17)32-23/h4-5,7-8,10-11,15H,6,9,12-14H2,1-3H3,(H,24,29). The van der Waals surface area contributed by atoms with Crippen LogP contribution in [0.15, 0.2) is 47.4 Å². The van der Waals surface area contributed by atoms with Crippen LogP contribution in [-0.4, -0.2) is 53.8 Å². The van der Waals surface area contributed by atoms with Gasteiger partial charge in [-0.2, -0.15) is 0 Å². The summed E-state index contributed by atoms with van der Waals surface area (Å²) in [6.45, 7) is 0.600. The lowest BCUT2D eigenvalue weighted by atomic mass is 10.2. The van der Waals surface area contributed by atoms with Gasteiger partial charge in [-0.05, 0) is 36.8 Å². The van der Waals surface area contributed by atoms with E-state index in [1.807, 2.05) is 29.8 Å². The summed E-state index contributed by atoms with van der Waals surface area (Å²) in [5.41, 5.74) is 2.46. The van der Waals surface area contributed by atoms with Crippen molar-refractivity contribution in [2.45, 2.75) is 30.6 Å². The van der Waals surface area contributed by atoms with E-state index in [4.69, 9.17) is 0 Å². The second kappa shape index (κ2) is 9.58. The van der Waals surface area contributed by atoms with Crippen LogP contribution in [0.25, 0.3) is 21.3 Å². The number of hydrogen-bond acceptors (Lipinski definition) is 6. The third-order valence-electron chi connectivity index (χ3n) is 5.53. The number of rotatable bonds is 9. The number of thiazole rings is 1. The van der Waals surface area contributed by atoms with E-state index in [0.717, 1.165) is 34.7 Å². The van der Waals surface area contributed by atoms with Gasteiger partial charge < -0.3 is 9.88 Å². The predicted molar refractivity (Wildman–Crippen MR) is 131 cm³/mol. The molecule has 0 aliphatic heterocycles. The van der Waals surface area contributed by atoms with Crippen LogP contribution in [0.4, 0.5) is 0 Å². The van der Waals surface area contributed by atoms with E-state index in [9.17, 15) is 13.2 Å². The predicted octanol–water partition coefficient (Wildman–Crippen LogP) is 3.11. The SMILES string of the molecule is CN(C)S(=O)(=O)c1ccc2c(c1)nc(CCC(=O)NCCCc1nc3ccccc3s1)n2C. The summed E-state index contributed by atoms with van der Waals surface area (Å²) in [5, 5.41) is 4.05. The van der Waals surface area contributed by atoms with Gasteiger partial charge in [0.25, 0.3) is 0 Å². The molecule has 174 valence electrons. The van der Waals surface area contributed by atoms with E-state index in [1.165, 1.54) is 23.1 Å². The molecule has 0 atom stereocenters. The number of nitrogens with zero attached hydrogens (tertiary/aromatic N) is 4. The molecule has 2 aromatic heterocycles. The Morgan fingerprint density at radius 2 is 1.88 bits per heavy atom. The highest BCUT2D eigenvalue weighted by atomic mass is 32.2. The number of carbonyl (C=O) groups excluding carboxylic acids is 1. The minimum atomic E-state index is -3.52. The van der Waals surface area contributed by atoms with Crippen molar-refractivity contribution in [2.24, 2.45) is 7.05 Å². The monoisotopic (exact) mass is 485 g/mol. The number of para-hydroxylation sites is 1. The molecule has 10 heteroatoms. The van der Waals surface area contributed by atoms with E-state index in [1.54, 1.807) is 29.5 Å². The molecule has 0 saturated carbocycles. The molecule has 33 heavy (non-hydrogen) atoms. The minimum Gasteiger partial charge on any atom is -0.356 e. The number of carbonyl (C=O) groups is 1. The number of sulfonamides is 1. The highest BCUT2D eigenvalue weighted by Gasteiger charge is 2.19.